The molecule has 0 aliphatic carbocycles. The summed E-state index contributed by atoms with van der Waals surface area (Å²) in [5.74, 6) is 1.06. The number of hydrogen-bond acceptors (Lipinski definition) is 4. The van der Waals surface area contributed by atoms with Gasteiger partial charge < -0.3 is 10.2 Å². The van der Waals surface area contributed by atoms with Crippen LogP contribution in [0, 0.1) is 11.8 Å². The molecule has 2 aliphatic heterocycles. The van der Waals surface area contributed by atoms with E-state index in [2.05, 4.69) is 39.7 Å². The highest BCUT2D eigenvalue weighted by Crippen LogP contribution is 2.43. The van der Waals surface area contributed by atoms with E-state index in [9.17, 15) is 4.79 Å². The maximum absolute atomic E-state index is 13.3. The predicted molar refractivity (Wildman–Crippen MR) is 93.1 cm³/mol. The molecule has 2 saturated heterocycles. The number of fused-ring (bicyclic) bond motifs is 2. The Morgan fingerprint density at radius 3 is 2.88 bits per heavy atom. The standard InChI is InChI=1S/C19H19N5O/c25-19(14-6-7-17-21-12-22-24(17)11-14)23-10-15-8-20-9-16(15)18(23)13-4-2-1-3-5-13/h1-7,11-12,15-16,18,20H,8-10H2/t15-,16-,18-/m0/s1. The highest BCUT2D eigenvalue weighted by Gasteiger charge is 2.46. The fourth-order valence-electron chi connectivity index (χ4n) is 4.32. The van der Waals surface area contributed by atoms with Gasteiger partial charge in [0.1, 0.15) is 6.33 Å². The summed E-state index contributed by atoms with van der Waals surface area (Å²) in [7, 11) is 0. The van der Waals surface area contributed by atoms with Gasteiger partial charge in [-0.25, -0.2) is 9.50 Å². The number of carbonyl (C=O) groups excluding carboxylic acids is 1. The molecule has 1 aromatic carbocycles. The van der Waals surface area contributed by atoms with Gasteiger partial charge in [0, 0.05) is 31.7 Å². The number of nitrogens with one attached hydrogen (secondary N) is 1. The van der Waals surface area contributed by atoms with E-state index >= 15 is 0 Å². The molecular weight excluding hydrogens is 314 g/mol. The Morgan fingerprint density at radius 1 is 1.12 bits per heavy atom. The van der Waals surface area contributed by atoms with Crippen molar-refractivity contribution in [3.05, 3.63) is 66.1 Å². The van der Waals surface area contributed by atoms with Crippen LogP contribution >= 0.6 is 0 Å². The van der Waals surface area contributed by atoms with Crippen LogP contribution in [-0.2, 0) is 0 Å². The molecule has 0 saturated carbocycles. The molecule has 1 N–H and O–H groups in total. The number of hydrogen-bond donors (Lipinski definition) is 1. The Hall–Kier alpha value is -2.73. The topological polar surface area (TPSA) is 62.5 Å². The number of rotatable bonds is 2. The molecule has 25 heavy (non-hydrogen) atoms. The van der Waals surface area contributed by atoms with Gasteiger partial charge >= 0.3 is 0 Å². The first-order valence-electron chi connectivity index (χ1n) is 8.67. The van der Waals surface area contributed by atoms with Gasteiger partial charge in [-0.2, -0.15) is 5.10 Å². The summed E-state index contributed by atoms with van der Waals surface area (Å²) in [6, 6.07) is 14.2. The minimum atomic E-state index is 0.0700. The van der Waals surface area contributed by atoms with Gasteiger partial charge in [-0.15, -0.1) is 0 Å². The lowest BCUT2D eigenvalue weighted by molar-refractivity contribution is 0.0713. The Labute approximate surface area is 145 Å². The van der Waals surface area contributed by atoms with Crippen LogP contribution in [-0.4, -0.2) is 45.0 Å². The average molecular weight is 333 g/mol. The molecule has 0 bridgehead atoms. The average Bonchev–Trinajstić information content (AvgIpc) is 3.36. The molecule has 126 valence electrons. The molecule has 2 aromatic heterocycles. The Kier molecular flexibility index (Phi) is 3.31. The van der Waals surface area contributed by atoms with Crippen LogP contribution in [0.4, 0.5) is 0 Å². The monoisotopic (exact) mass is 333 g/mol. The highest BCUT2D eigenvalue weighted by atomic mass is 16.2. The zero-order chi connectivity index (χ0) is 16.8. The zero-order valence-corrected chi connectivity index (χ0v) is 13.7. The summed E-state index contributed by atoms with van der Waals surface area (Å²) in [5.41, 5.74) is 2.62. The van der Waals surface area contributed by atoms with E-state index in [0.717, 1.165) is 25.3 Å². The van der Waals surface area contributed by atoms with Gasteiger partial charge in [0.15, 0.2) is 5.65 Å². The van der Waals surface area contributed by atoms with Crippen molar-refractivity contribution in [1.82, 2.24) is 24.8 Å². The molecule has 6 nitrogen and oxygen atoms in total. The first kappa shape index (κ1) is 14.6. The van der Waals surface area contributed by atoms with Crippen molar-refractivity contribution in [3.8, 4) is 0 Å². The summed E-state index contributed by atoms with van der Waals surface area (Å²) < 4.78 is 1.66. The molecule has 1 amide bonds. The Bertz CT molecular complexity index is 922. The first-order valence-corrected chi connectivity index (χ1v) is 8.67. The minimum absolute atomic E-state index is 0.0700. The smallest absolute Gasteiger partial charge is 0.255 e. The molecule has 6 heteroatoms. The number of benzene rings is 1. The predicted octanol–water partition coefficient (Wildman–Crippen LogP) is 1.76. The Balaban J connectivity index is 1.53. The van der Waals surface area contributed by atoms with Crippen molar-refractivity contribution >= 4 is 11.6 Å². The number of pyridine rings is 1. The molecule has 0 spiro atoms. The van der Waals surface area contributed by atoms with Crippen LogP contribution in [0.2, 0.25) is 0 Å². The highest BCUT2D eigenvalue weighted by molar-refractivity contribution is 5.94. The van der Waals surface area contributed by atoms with E-state index in [0.29, 0.717) is 17.4 Å². The largest absolute Gasteiger partial charge is 0.331 e. The van der Waals surface area contributed by atoms with Crippen molar-refractivity contribution < 1.29 is 4.79 Å². The van der Waals surface area contributed by atoms with Crippen molar-refractivity contribution in [3.63, 3.8) is 0 Å². The van der Waals surface area contributed by atoms with Gasteiger partial charge in [0.05, 0.1) is 11.6 Å². The summed E-state index contributed by atoms with van der Waals surface area (Å²) in [4.78, 5) is 19.5. The maximum Gasteiger partial charge on any atom is 0.255 e. The van der Waals surface area contributed by atoms with Gasteiger partial charge in [-0.05, 0) is 23.6 Å². The van der Waals surface area contributed by atoms with Crippen molar-refractivity contribution in [2.24, 2.45) is 11.8 Å². The third kappa shape index (κ3) is 2.33. The molecule has 4 heterocycles. The second-order valence-corrected chi connectivity index (χ2v) is 6.88. The molecule has 5 rings (SSSR count). The fourth-order valence-corrected chi connectivity index (χ4v) is 4.32. The zero-order valence-electron chi connectivity index (χ0n) is 13.7. The quantitative estimate of drug-likeness (QED) is 0.776. The van der Waals surface area contributed by atoms with Crippen LogP contribution in [0.5, 0.6) is 0 Å². The summed E-state index contributed by atoms with van der Waals surface area (Å²) in [5, 5.41) is 7.63. The number of nitrogens with zero attached hydrogens (tertiary/aromatic N) is 4. The first-order chi connectivity index (χ1) is 12.3. The van der Waals surface area contributed by atoms with Crippen molar-refractivity contribution in [2.45, 2.75) is 6.04 Å². The lowest BCUT2D eigenvalue weighted by Gasteiger charge is -2.28. The number of likely N-dealkylation sites (tertiary alicyclic amines) is 1. The van der Waals surface area contributed by atoms with Gasteiger partial charge in [0.2, 0.25) is 0 Å². The third-order valence-electron chi connectivity index (χ3n) is 5.49. The second-order valence-electron chi connectivity index (χ2n) is 6.88. The van der Waals surface area contributed by atoms with E-state index < -0.39 is 0 Å². The lowest BCUT2D eigenvalue weighted by atomic mass is 9.89. The molecule has 3 aromatic rings. The normalized spacial score (nSPS) is 25.4. The van der Waals surface area contributed by atoms with Crippen molar-refractivity contribution in [2.75, 3.05) is 19.6 Å². The van der Waals surface area contributed by atoms with Crippen LogP contribution in [0.1, 0.15) is 22.0 Å². The molecule has 3 atom stereocenters. The van der Waals surface area contributed by atoms with E-state index in [1.54, 1.807) is 10.7 Å². The maximum atomic E-state index is 13.3. The molecule has 2 aliphatic rings. The van der Waals surface area contributed by atoms with E-state index in [1.165, 1.54) is 11.9 Å². The summed E-state index contributed by atoms with van der Waals surface area (Å²) in [6.07, 6.45) is 3.28. The van der Waals surface area contributed by atoms with E-state index in [1.807, 2.05) is 23.1 Å². The fraction of sp³-hybridized carbons (Fsp3) is 0.316. The molecule has 0 radical (unpaired) electrons. The number of amides is 1. The number of carbonyl (C=O) groups is 1. The van der Waals surface area contributed by atoms with Crippen molar-refractivity contribution in [1.29, 1.82) is 0 Å². The molecular formula is C19H19N5O. The molecule has 0 unspecified atom stereocenters. The minimum Gasteiger partial charge on any atom is -0.331 e. The van der Waals surface area contributed by atoms with Crippen LogP contribution < -0.4 is 5.32 Å². The van der Waals surface area contributed by atoms with Crippen LogP contribution in [0.25, 0.3) is 5.65 Å². The van der Waals surface area contributed by atoms with Gasteiger partial charge in [0.25, 0.3) is 5.91 Å². The molecule has 2 fully saturated rings. The second kappa shape index (κ2) is 5.67. The Morgan fingerprint density at radius 2 is 2.00 bits per heavy atom. The van der Waals surface area contributed by atoms with Crippen LogP contribution in [0.15, 0.2) is 55.0 Å². The van der Waals surface area contributed by atoms with Gasteiger partial charge in [-0.3, -0.25) is 4.79 Å². The number of aromatic nitrogens is 3. The van der Waals surface area contributed by atoms with Crippen LogP contribution in [0.3, 0.4) is 0 Å². The van der Waals surface area contributed by atoms with Gasteiger partial charge in [-0.1, -0.05) is 30.3 Å². The lowest BCUT2D eigenvalue weighted by Crippen LogP contribution is -2.34. The SMILES string of the molecule is O=C(c1ccc2ncnn2c1)N1C[C@@H]2CNC[C@@H]2[C@@H]1c1ccccc1. The third-order valence-corrected chi connectivity index (χ3v) is 5.49. The van der Waals surface area contributed by atoms with E-state index in [4.69, 9.17) is 0 Å². The summed E-state index contributed by atoms with van der Waals surface area (Å²) in [6.45, 7) is 2.75. The summed E-state index contributed by atoms with van der Waals surface area (Å²) >= 11 is 0. The van der Waals surface area contributed by atoms with E-state index in [-0.39, 0.29) is 11.9 Å².